The molecule has 1 fully saturated rings. The lowest BCUT2D eigenvalue weighted by Crippen LogP contribution is -2.32. The summed E-state index contributed by atoms with van der Waals surface area (Å²) in [4.78, 5) is 4.47. The lowest BCUT2D eigenvalue weighted by atomic mass is 10.1. The maximum absolute atomic E-state index is 11.4. The van der Waals surface area contributed by atoms with Crippen LogP contribution in [0.1, 0.15) is 26.2 Å². The summed E-state index contributed by atoms with van der Waals surface area (Å²) in [6, 6.07) is 6.01. The van der Waals surface area contributed by atoms with Gasteiger partial charge >= 0.3 is 0 Å². The molecule has 2 heterocycles. The van der Waals surface area contributed by atoms with Gasteiger partial charge in [0.25, 0.3) is 0 Å². The zero-order valence-electron chi connectivity index (χ0n) is 11.2. The Bertz CT molecular complexity index is 502. The molecule has 0 aliphatic carbocycles. The zero-order valence-corrected chi connectivity index (χ0v) is 12.0. The van der Waals surface area contributed by atoms with Gasteiger partial charge in [-0.2, -0.15) is 0 Å². The van der Waals surface area contributed by atoms with Crippen LogP contribution in [0.15, 0.2) is 18.2 Å². The van der Waals surface area contributed by atoms with Crippen molar-refractivity contribution in [2.75, 3.05) is 28.7 Å². The van der Waals surface area contributed by atoms with Crippen LogP contribution in [0.5, 0.6) is 0 Å². The Hall–Kier alpha value is -1.30. The topological polar surface area (TPSA) is 71.1 Å². The van der Waals surface area contributed by atoms with E-state index in [-0.39, 0.29) is 17.5 Å². The second-order valence-corrected chi connectivity index (χ2v) is 7.21. The Morgan fingerprint density at radius 3 is 2.63 bits per heavy atom. The molecule has 0 bridgehead atoms. The van der Waals surface area contributed by atoms with Gasteiger partial charge in [0.05, 0.1) is 11.5 Å². The van der Waals surface area contributed by atoms with Crippen molar-refractivity contribution >= 4 is 21.5 Å². The fourth-order valence-electron chi connectivity index (χ4n) is 2.11. The molecule has 6 heteroatoms. The lowest BCUT2D eigenvalue weighted by Gasteiger charge is -2.23. The van der Waals surface area contributed by atoms with Crippen LogP contribution in [0.4, 0.5) is 11.6 Å². The lowest BCUT2D eigenvalue weighted by molar-refractivity contribution is 0.559. The second-order valence-electron chi connectivity index (χ2n) is 4.91. The first-order chi connectivity index (χ1) is 9.09. The van der Waals surface area contributed by atoms with Crippen molar-refractivity contribution in [3.63, 3.8) is 0 Å². The molecule has 1 aliphatic heterocycles. The van der Waals surface area contributed by atoms with E-state index >= 15 is 0 Å². The number of rotatable bonds is 5. The molecule has 106 valence electrons. The SMILES string of the molecule is CCCNc1cccc(NC2CCS(=O)(=O)CC2)n1. The summed E-state index contributed by atoms with van der Waals surface area (Å²) in [5.74, 6) is 2.22. The van der Waals surface area contributed by atoms with Crippen LogP contribution < -0.4 is 10.6 Å². The van der Waals surface area contributed by atoms with Crippen LogP contribution in [0.25, 0.3) is 0 Å². The van der Waals surface area contributed by atoms with Gasteiger partial charge in [-0.3, -0.25) is 0 Å². The Morgan fingerprint density at radius 1 is 1.26 bits per heavy atom. The van der Waals surface area contributed by atoms with Crippen molar-refractivity contribution in [3.05, 3.63) is 18.2 Å². The first kappa shape index (κ1) is 14.1. The van der Waals surface area contributed by atoms with Gasteiger partial charge in [-0.15, -0.1) is 0 Å². The monoisotopic (exact) mass is 283 g/mol. The molecule has 19 heavy (non-hydrogen) atoms. The van der Waals surface area contributed by atoms with E-state index in [9.17, 15) is 8.42 Å². The largest absolute Gasteiger partial charge is 0.370 e. The van der Waals surface area contributed by atoms with Gasteiger partial charge in [-0.1, -0.05) is 13.0 Å². The smallest absolute Gasteiger partial charge is 0.150 e. The van der Waals surface area contributed by atoms with E-state index in [4.69, 9.17) is 0 Å². The maximum atomic E-state index is 11.4. The van der Waals surface area contributed by atoms with E-state index in [1.807, 2.05) is 18.2 Å². The van der Waals surface area contributed by atoms with E-state index in [1.54, 1.807) is 0 Å². The molecule has 5 nitrogen and oxygen atoms in total. The molecule has 2 rings (SSSR count). The molecule has 0 aromatic carbocycles. The maximum Gasteiger partial charge on any atom is 0.150 e. The standard InChI is InChI=1S/C13H21N3O2S/c1-2-8-14-12-4-3-5-13(16-12)15-11-6-9-19(17,18)10-7-11/h3-5,11H,2,6-10H2,1H3,(H2,14,15,16). The van der Waals surface area contributed by atoms with Crippen molar-refractivity contribution in [3.8, 4) is 0 Å². The molecule has 0 amide bonds. The highest BCUT2D eigenvalue weighted by Gasteiger charge is 2.23. The first-order valence-electron chi connectivity index (χ1n) is 6.77. The van der Waals surface area contributed by atoms with Gasteiger partial charge in [0.2, 0.25) is 0 Å². The normalized spacial score (nSPS) is 19.0. The number of hydrogen-bond acceptors (Lipinski definition) is 5. The molecule has 0 saturated carbocycles. The highest BCUT2D eigenvalue weighted by molar-refractivity contribution is 7.91. The van der Waals surface area contributed by atoms with Crippen molar-refractivity contribution in [1.82, 2.24) is 4.98 Å². The molecule has 1 aromatic heterocycles. The highest BCUT2D eigenvalue weighted by atomic mass is 32.2. The fraction of sp³-hybridized carbons (Fsp3) is 0.615. The molecule has 1 saturated heterocycles. The Morgan fingerprint density at radius 2 is 1.95 bits per heavy atom. The van der Waals surface area contributed by atoms with Gasteiger partial charge in [-0.25, -0.2) is 13.4 Å². The predicted molar refractivity (Wildman–Crippen MR) is 78.3 cm³/mol. The van der Waals surface area contributed by atoms with Crippen molar-refractivity contribution in [2.24, 2.45) is 0 Å². The number of hydrogen-bond donors (Lipinski definition) is 2. The Labute approximate surface area is 114 Å². The molecule has 0 unspecified atom stereocenters. The number of sulfone groups is 1. The minimum Gasteiger partial charge on any atom is -0.370 e. The summed E-state index contributed by atoms with van der Waals surface area (Å²) in [6.07, 6.45) is 2.38. The zero-order chi connectivity index (χ0) is 13.7. The van der Waals surface area contributed by atoms with Crippen molar-refractivity contribution in [1.29, 1.82) is 0 Å². The van der Waals surface area contributed by atoms with Crippen molar-refractivity contribution < 1.29 is 8.42 Å². The van der Waals surface area contributed by atoms with Gasteiger partial charge < -0.3 is 10.6 Å². The highest BCUT2D eigenvalue weighted by Crippen LogP contribution is 2.17. The van der Waals surface area contributed by atoms with Crippen molar-refractivity contribution in [2.45, 2.75) is 32.2 Å². The van der Waals surface area contributed by atoms with E-state index < -0.39 is 9.84 Å². The molecule has 1 aliphatic rings. The van der Waals surface area contributed by atoms with Gasteiger partial charge in [-0.05, 0) is 31.4 Å². The summed E-state index contributed by atoms with van der Waals surface area (Å²) in [5.41, 5.74) is 0. The molecule has 1 aromatic rings. The Balaban J connectivity index is 1.92. The molecule has 2 N–H and O–H groups in total. The van der Waals surface area contributed by atoms with Crippen LogP contribution in [0.3, 0.4) is 0 Å². The molecule has 0 atom stereocenters. The Kier molecular flexibility index (Phi) is 4.63. The van der Waals surface area contributed by atoms with Crippen LogP contribution in [0.2, 0.25) is 0 Å². The number of nitrogens with zero attached hydrogens (tertiary/aromatic N) is 1. The van der Waals surface area contributed by atoms with Gasteiger partial charge in [0.15, 0.2) is 0 Å². The summed E-state index contributed by atoms with van der Waals surface area (Å²) >= 11 is 0. The molecular formula is C13H21N3O2S. The third kappa shape index (κ3) is 4.38. The quantitative estimate of drug-likeness (QED) is 0.863. The van der Waals surface area contributed by atoms with E-state index in [0.29, 0.717) is 12.8 Å². The summed E-state index contributed by atoms with van der Waals surface area (Å²) in [7, 11) is -2.80. The third-order valence-electron chi connectivity index (χ3n) is 3.21. The predicted octanol–water partition coefficient (Wildman–Crippen LogP) is 1.89. The second kappa shape index (κ2) is 6.23. The van der Waals surface area contributed by atoms with Gasteiger partial charge in [0, 0.05) is 12.6 Å². The minimum atomic E-state index is -2.80. The fourth-order valence-corrected chi connectivity index (χ4v) is 3.60. The first-order valence-corrected chi connectivity index (χ1v) is 8.59. The summed E-state index contributed by atoms with van der Waals surface area (Å²) < 4.78 is 22.7. The third-order valence-corrected chi connectivity index (χ3v) is 4.93. The van der Waals surface area contributed by atoms with Crippen LogP contribution in [-0.4, -0.2) is 37.5 Å². The molecule has 0 radical (unpaired) electrons. The summed E-state index contributed by atoms with van der Waals surface area (Å²) in [5, 5.41) is 6.56. The van der Waals surface area contributed by atoms with E-state index in [1.165, 1.54) is 0 Å². The minimum absolute atomic E-state index is 0.206. The summed E-state index contributed by atoms with van der Waals surface area (Å²) in [6.45, 7) is 3.01. The van der Waals surface area contributed by atoms with Crippen LogP contribution in [-0.2, 0) is 9.84 Å². The molecule has 0 spiro atoms. The number of pyridine rings is 1. The van der Waals surface area contributed by atoms with E-state index in [0.717, 1.165) is 24.6 Å². The van der Waals surface area contributed by atoms with Crippen LogP contribution in [0, 0.1) is 0 Å². The van der Waals surface area contributed by atoms with Gasteiger partial charge in [0.1, 0.15) is 21.5 Å². The van der Waals surface area contributed by atoms with E-state index in [2.05, 4.69) is 22.5 Å². The number of nitrogens with one attached hydrogen (secondary N) is 2. The molecular weight excluding hydrogens is 262 g/mol. The number of aromatic nitrogens is 1. The van der Waals surface area contributed by atoms with Crippen LogP contribution >= 0.6 is 0 Å². The average Bonchev–Trinajstić information content (AvgIpc) is 2.39. The number of anilines is 2. The average molecular weight is 283 g/mol.